The molecule has 2 aromatic heterocycles. The van der Waals surface area contributed by atoms with Gasteiger partial charge in [0.15, 0.2) is 0 Å². The first-order valence-corrected chi connectivity index (χ1v) is 5.66. The SMILES string of the molecule is CC(C)c1c(CN)nnn1-c1nccs1. The molecule has 0 bridgehead atoms. The zero-order valence-corrected chi connectivity index (χ0v) is 9.53. The molecule has 2 rings (SSSR count). The molecule has 0 radical (unpaired) electrons. The molecule has 0 saturated carbocycles. The van der Waals surface area contributed by atoms with Crippen LogP contribution in [0.4, 0.5) is 0 Å². The van der Waals surface area contributed by atoms with E-state index in [-0.39, 0.29) is 0 Å². The van der Waals surface area contributed by atoms with Gasteiger partial charge in [-0.15, -0.1) is 16.4 Å². The Labute approximate surface area is 91.9 Å². The van der Waals surface area contributed by atoms with Gasteiger partial charge >= 0.3 is 0 Å². The molecule has 0 fully saturated rings. The minimum atomic E-state index is 0.336. The number of rotatable bonds is 3. The average molecular weight is 223 g/mol. The molecule has 0 aliphatic carbocycles. The fourth-order valence-corrected chi connectivity index (χ4v) is 2.11. The van der Waals surface area contributed by atoms with Gasteiger partial charge in [-0.2, -0.15) is 4.68 Å². The van der Waals surface area contributed by atoms with Crippen molar-refractivity contribution < 1.29 is 0 Å². The average Bonchev–Trinajstić information content (AvgIpc) is 2.85. The van der Waals surface area contributed by atoms with E-state index in [9.17, 15) is 0 Å². The Bertz CT molecular complexity index is 431. The van der Waals surface area contributed by atoms with E-state index in [0.717, 1.165) is 16.5 Å². The monoisotopic (exact) mass is 223 g/mol. The normalized spacial score (nSPS) is 11.2. The molecule has 0 aliphatic rings. The Balaban J connectivity index is 2.53. The minimum absolute atomic E-state index is 0.336. The fraction of sp³-hybridized carbons (Fsp3) is 0.444. The molecule has 5 nitrogen and oxygen atoms in total. The maximum absolute atomic E-state index is 5.62. The lowest BCUT2D eigenvalue weighted by molar-refractivity contribution is 0.710. The van der Waals surface area contributed by atoms with E-state index in [2.05, 4.69) is 29.1 Å². The summed E-state index contributed by atoms with van der Waals surface area (Å²) in [5.41, 5.74) is 7.52. The van der Waals surface area contributed by atoms with Crippen LogP contribution in [0.3, 0.4) is 0 Å². The molecule has 6 heteroatoms. The summed E-state index contributed by atoms with van der Waals surface area (Å²) >= 11 is 1.54. The van der Waals surface area contributed by atoms with E-state index in [1.165, 1.54) is 11.3 Å². The number of hydrogen-bond donors (Lipinski definition) is 1. The van der Waals surface area contributed by atoms with Crippen LogP contribution >= 0.6 is 11.3 Å². The highest BCUT2D eigenvalue weighted by atomic mass is 32.1. The molecule has 2 aromatic rings. The quantitative estimate of drug-likeness (QED) is 0.851. The number of hydrogen-bond acceptors (Lipinski definition) is 5. The van der Waals surface area contributed by atoms with Gasteiger partial charge in [0.1, 0.15) is 5.69 Å². The second kappa shape index (κ2) is 4.08. The molecule has 0 amide bonds. The van der Waals surface area contributed by atoms with Crippen LogP contribution in [0.1, 0.15) is 31.2 Å². The first-order chi connectivity index (χ1) is 7.24. The highest BCUT2D eigenvalue weighted by Gasteiger charge is 2.17. The van der Waals surface area contributed by atoms with Crippen LogP contribution in [0, 0.1) is 0 Å². The van der Waals surface area contributed by atoms with Gasteiger partial charge in [0.2, 0.25) is 5.13 Å². The summed E-state index contributed by atoms with van der Waals surface area (Å²) in [5.74, 6) is 0.336. The van der Waals surface area contributed by atoms with Gasteiger partial charge in [0.25, 0.3) is 0 Å². The van der Waals surface area contributed by atoms with E-state index >= 15 is 0 Å². The lowest BCUT2D eigenvalue weighted by atomic mass is 10.1. The van der Waals surface area contributed by atoms with Gasteiger partial charge in [-0.05, 0) is 5.92 Å². The molecule has 2 N–H and O–H groups in total. The zero-order chi connectivity index (χ0) is 10.8. The van der Waals surface area contributed by atoms with Crippen molar-refractivity contribution in [3.8, 4) is 5.13 Å². The third-order valence-electron chi connectivity index (χ3n) is 2.12. The summed E-state index contributed by atoms with van der Waals surface area (Å²) < 4.78 is 1.78. The van der Waals surface area contributed by atoms with E-state index < -0.39 is 0 Å². The van der Waals surface area contributed by atoms with Crippen LogP contribution in [-0.4, -0.2) is 20.0 Å². The summed E-state index contributed by atoms with van der Waals surface area (Å²) in [5, 5.41) is 10.9. The maximum atomic E-state index is 5.62. The fourth-order valence-electron chi connectivity index (χ4n) is 1.51. The van der Waals surface area contributed by atoms with Crippen LogP contribution in [0.2, 0.25) is 0 Å². The minimum Gasteiger partial charge on any atom is -0.325 e. The molecular weight excluding hydrogens is 210 g/mol. The smallest absolute Gasteiger partial charge is 0.211 e. The van der Waals surface area contributed by atoms with Crippen molar-refractivity contribution in [2.45, 2.75) is 26.3 Å². The van der Waals surface area contributed by atoms with Crippen molar-refractivity contribution in [1.82, 2.24) is 20.0 Å². The van der Waals surface area contributed by atoms with Crippen molar-refractivity contribution in [1.29, 1.82) is 0 Å². The predicted octanol–water partition coefficient (Wildman–Crippen LogP) is 1.31. The van der Waals surface area contributed by atoms with Crippen molar-refractivity contribution in [3.63, 3.8) is 0 Å². The van der Waals surface area contributed by atoms with Gasteiger partial charge in [-0.25, -0.2) is 4.98 Å². The van der Waals surface area contributed by atoms with E-state index in [1.807, 2.05) is 5.38 Å². The molecule has 80 valence electrons. The van der Waals surface area contributed by atoms with Crippen molar-refractivity contribution in [2.24, 2.45) is 5.73 Å². The molecule has 0 aliphatic heterocycles. The third kappa shape index (κ3) is 1.78. The molecule has 0 atom stereocenters. The zero-order valence-electron chi connectivity index (χ0n) is 8.71. The highest BCUT2D eigenvalue weighted by molar-refractivity contribution is 7.12. The molecule has 0 unspecified atom stereocenters. The number of thiazole rings is 1. The van der Waals surface area contributed by atoms with Crippen molar-refractivity contribution in [2.75, 3.05) is 0 Å². The van der Waals surface area contributed by atoms with Crippen LogP contribution in [0.15, 0.2) is 11.6 Å². The Morgan fingerprint density at radius 1 is 1.53 bits per heavy atom. The predicted molar refractivity (Wildman–Crippen MR) is 59.0 cm³/mol. The van der Waals surface area contributed by atoms with Crippen molar-refractivity contribution in [3.05, 3.63) is 23.0 Å². The summed E-state index contributed by atoms with van der Waals surface area (Å²) in [6.45, 7) is 4.61. The van der Waals surface area contributed by atoms with Gasteiger partial charge in [0.05, 0.1) is 5.69 Å². The van der Waals surface area contributed by atoms with Gasteiger partial charge in [-0.3, -0.25) is 0 Å². The highest BCUT2D eigenvalue weighted by Crippen LogP contribution is 2.21. The maximum Gasteiger partial charge on any atom is 0.211 e. The van der Waals surface area contributed by atoms with Gasteiger partial charge in [0, 0.05) is 18.1 Å². The van der Waals surface area contributed by atoms with Gasteiger partial charge < -0.3 is 5.73 Å². The summed E-state index contributed by atoms with van der Waals surface area (Å²) in [7, 11) is 0. The topological polar surface area (TPSA) is 69.6 Å². The standard InChI is InChI=1S/C9H13N5S/c1-6(2)8-7(5-10)12-13-14(8)9-11-3-4-15-9/h3-4,6H,5,10H2,1-2H3. The van der Waals surface area contributed by atoms with Crippen LogP contribution in [-0.2, 0) is 6.54 Å². The summed E-state index contributed by atoms with van der Waals surface area (Å²) in [4.78, 5) is 4.22. The first kappa shape index (κ1) is 10.3. The number of nitrogens with zero attached hydrogens (tertiary/aromatic N) is 4. The molecule has 15 heavy (non-hydrogen) atoms. The van der Waals surface area contributed by atoms with Crippen molar-refractivity contribution >= 4 is 11.3 Å². The second-order valence-electron chi connectivity index (χ2n) is 3.51. The van der Waals surface area contributed by atoms with E-state index in [1.54, 1.807) is 10.9 Å². The van der Waals surface area contributed by atoms with E-state index in [4.69, 9.17) is 5.73 Å². The molecule has 0 saturated heterocycles. The Kier molecular flexibility index (Phi) is 2.79. The lowest BCUT2D eigenvalue weighted by Gasteiger charge is -2.07. The number of aromatic nitrogens is 4. The Morgan fingerprint density at radius 2 is 2.33 bits per heavy atom. The molecule has 0 spiro atoms. The third-order valence-corrected chi connectivity index (χ3v) is 2.87. The van der Waals surface area contributed by atoms with Crippen LogP contribution in [0.25, 0.3) is 5.13 Å². The summed E-state index contributed by atoms with van der Waals surface area (Å²) in [6.07, 6.45) is 1.76. The van der Waals surface area contributed by atoms with Gasteiger partial charge in [-0.1, -0.05) is 19.1 Å². The van der Waals surface area contributed by atoms with E-state index in [0.29, 0.717) is 12.5 Å². The lowest BCUT2D eigenvalue weighted by Crippen LogP contribution is -2.07. The summed E-state index contributed by atoms with van der Waals surface area (Å²) in [6, 6.07) is 0. The second-order valence-corrected chi connectivity index (χ2v) is 4.38. The molecule has 2 heterocycles. The van der Waals surface area contributed by atoms with Crippen LogP contribution < -0.4 is 5.73 Å². The molecular formula is C9H13N5S. The first-order valence-electron chi connectivity index (χ1n) is 4.78. The number of nitrogens with two attached hydrogens (primary N) is 1. The Morgan fingerprint density at radius 3 is 2.87 bits per heavy atom. The largest absolute Gasteiger partial charge is 0.325 e. The Hall–Kier alpha value is -1.27. The van der Waals surface area contributed by atoms with Crippen LogP contribution in [0.5, 0.6) is 0 Å². The molecule has 0 aromatic carbocycles.